The van der Waals surface area contributed by atoms with Crippen LogP contribution < -0.4 is 16.4 Å². The molecule has 2 amide bonds. The molecule has 220 valence electrons. The normalized spacial score (nSPS) is 27.9. The first-order valence-electron chi connectivity index (χ1n) is 13.3. The number of Topliss-reactive ketones (excluding diaryl/α,β-unsaturated/α-hetero) is 2. The number of amides is 2. The second-order valence-electron chi connectivity index (χ2n) is 10.8. The van der Waals surface area contributed by atoms with Crippen LogP contribution in [0.25, 0.3) is 0 Å². The van der Waals surface area contributed by atoms with E-state index in [2.05, 4.69) is 10.6 Å². The summed E-state index contributed by atoms with van der Waals surface area (Å²) in [6, 6.07) is -0.525. The highest BCUT2D eigenvalue weighted by atomic mass is 19.1. The number of benzene rings is 1. The molecular weight excluding hydrogens is 546 g/mol. The van der Waals surface area contributed by atoms with E-state index in [-0.39, 0.29) is 37.2 Å². The summed E-state index contributed by atoms with van der Waals surface area (Å²) in [5.74, 6) is -10.5. The van der Waals surface area contributed by atoms with Crippen LogP contribution in [0.1, 0.15) is 35.2 Å². The minimum atomic E-state index is -2.92. The van der Waals surface area contributed by atoms with Gasteiger partial charge in [-0.25, -0.2) is 8.78 Å². The summed E-state index contributed by atoms with van der Waals surface area (Å²) in [7, 11) is 0. The van der Waals surface area contributed by atoms with Gasteiger partial charge in [-0.05, 0) is 44.7 Å². The zero-order valence-electron chi connectivity index (χ0n) is 21.9. The van der Waals surface area contributed by atoms with Crippen molar-refractivity contribution >= 4 is 29.1 Å². The molecule has 5 rings (SSSR count). The Balaban J connectivity index is 1.56. The molecule has 0 saturated carbocycles. The van der Waals surface area contributed by atoms with Gasteiger partial charge in [0, 0.05) is 29.7 Å². The molecule has 1 saturated heterocycles. The number of nitrogens with two attached hydrogens (primary N) is 1. The summed E-state index contributed by atoms with van der Waals surface area (Å²) in [4.78, 5) is 53.4. The molecule has 12 nitrogen and oxygen atoms in total. The number of phenols is 1. The van der Waals surface area contributed by atoms with Gasteiger partial charge in [-0.15, -0.1) is 0 Å². The number of ketones is 2. The summed E-state index contributed by atoms with van der Waals surface area (Å²) >= 11 is 0. The fourth-order valence-electron chi connectivity index (χ4n) is 6.57. The quantitative estimate of drug-likeness (QED) is 0.175. The number of allylic oxidation sites excluding steroid dienone is 1. The number of halogens is 2. The minimum Gasteiger partial charge on any atom is -0.510 e. The number of primary amides is 1. The number of aliphatic hydroxyl groups excluding tert-OH is 2. The number of nitrogens with zero attached hydrogens (tertiary/aromatic N) is 1. The van der Waals surface area contributed by atoms with Crippen LogP contribution in [0.2, 0.25) is 0 Å². The van der Waals surface area contributed by atoms with E-state index in [0.717, 1.165) is 18.9 Å². The van der Waals surface area contributed by atoms with Gasteiger partial charge >= 0.3 is 0 Å². The maximum atomic E-state index is 15.4. The number of hydrogen-bond donors (Lipinski definition) is 7. The summed E-state index contributed by atoms with van der Waals surface area (Å²) < 4.78 is 28.4. The van der Waals surface area contributed by atoms with E-state index in [9.17, 15) is 44.0 Å². The molecular formula is C27H30F2N4O8. The van der Waals surface area contributed by atoms with E-state index in [4.69, 9.17) is 5.73 Å². The molecule has 0 radical (unpaired) electrons. The van der Waals surface area contributed by atoms with Gasteiger partial charge in [0.15, 0.2) is 17.1 Å². The fourth-order valence-corrected chi connectivity index (χ4v) is 6.57. The molecule has 1 aliphatic heterocycles. The molecule has 0 aromatic heterocycles. The second kappa shape index (κ2) is 10.5. The predicted molar refractivity (Wildman–Crippen MR) is 138 cm³/mol. The number of carbonyl (C=O) groups excluding carboxylic acids is 4. The van der Waals surface area contributed by atoms with Gasteiger partial charge < -0.3 is 36.8 Å². The monoisotopic (exact) mass is 576 g/mol. The van der Waals surface area contributed by atoms with Crippen molar-refractivity contribution in [1.29, 1.82) is 0 Å². The smallest absolute Gasteiger partial charge is 0.255 e. The van der Waals surface area contributed by atoms with Gasteiger partial charge in [-0.2, -0.15) is 0 Å². The van der Waals surface area contributed by atoms with Crippen molar-refractivity contribution in [1.82, 2.24) is 10.2 Å². The van der Waals surface area contributed by atoms with Gasteiger partial charge in [0.1, 0.15) is 29.6 Å². The number of hydrogen-bond acceptors (Lipinski definition) is 10. The fraction of sp³-hybridized carbons (Fsp3) is 0.481. The van der Waals surface area contributed by atoms with E-state index in [1.807, 2.05) is 4.90 Å². The average Bonchev–Trinajstić information content (AvgIpc) is 3.41. The number of fused-ring (bicyclic) bond motifs is 3. The average molecular weight is 577 g/mol. The number of carbonyl (C=O) groups is 4. The van der Waals surface area contributed by atoms with Crippen LogP contribution in [0, 0.1) is 17.7 Å². The third-order valence-corrected chi connectivity index (χ3v) is 8.45. The maximum absolute atomic E-state index is 15.4. The Kier molecular flexibility index (Phi) is 7.34. The SMILES string of the molecule is NC(=O)C1=C(O)[C@@H](NCCF)[C@@H]2C[C@@H]3Cc4c(F)cc(NC(=O)CN5CCCC5)c(O)c4C(=O)C3=C(O)[C@]2(O)C1=O. The molecule has 1 heterocycles. The number of nitrogens with one attached hydrogen (secondary N) is 2. The highest BCUT2D eigenvalue weighted by molar-refractivity contribution is 6.25. The standard InChI is InChI=1S/C27H30F2N4O8/c28-3-4-31-20-13-8-11-7-12-14(29)9-15(32-16(34)10-33-5-1-2-6-33)21(35)18(12)22(36)17(11)24(38)27(13,41)25(39)19(23(20)37)26(30)40/h9,11,13,20,31,35,37-38,41H,1-8,10H2,(H2,30,40)(H,32,34)/t11-,13-,20-,27-/m0/s1. The van der Waals surface area contributed by atoms with Crippen LogP contribution in [-0.2, 0) is 20.8 Å². The van der Waals surface area contributed by atoms with Crippen molar-refractivity contribution in [3.63, 3.8) is 0 Å². The Morgan fingerprint density at radius 1 is 1.17 bits per heavy atom. The Morgan fingerprint density at radius 2 is 1.85 bits per heavy atom. The van der Waals surface area contributed by atoms with Crippen LogP contribution in [0.15, 0.2) is 28.7 Å². The van der Waals surface area contributed by atoms with Gasteiger partial charge in [0.05, 0.1) is 23.8 Å². The Bertz CT molecular complexity index is 1420. The molecule has 41 heavy (non-hydrogen) atoms. The van der Waals surface area contributed by atoms with Gasteiger partial charge in [0.2, 0.25) is 11.7 Å². The number of aromatic hydroxyl groups is 1. The zero-order valence-corrected chi connectivity index (χ0v) is 21.9. The molecule has 0 bridgehead atoms. The molecule has 0 unspecified atom stereocenters. The van der Waals surface area contributed by atoms with E-state index < -0.39 is 93.3 Å². The molecule has 4 atom stereocenters. The largest absolute Gasteiger partial charge is 0.510 e. The number of phenolic OH excluding ortho intramolecular Hbond substituents is 1. The van der Waals surface area contributed by atoms with Crippen LogP contribution >= 0.6 is 0 Å². The lowest BCUT2D eigenvalue weighted by Gasteiger charge is -2.48. The van der Waals surface area contributed by atoms with Crippen molar-refractivity contribution in [3.8, 4) is 5.75 Å². The third-order valence-electron chi connectivity index (χ3n) is 8.45. The molecule has 3 aliphatic carbocycles. The van der Waals surface area contributed by atoms with Crippen LogP contribution in [0.5, 0.6) is 5.75 Å². The number of alkyl halides is 1. The second-order valence-corrected chi connectivity index (χ2v) is 10.8. The van der Waals surface area contributed by atoms with Gasteiger partial charge in [-0.3, -0.25) is 24.1 Å². The van der Waals surface area contributed by atoms with Crippen molar-refractivity contribution < 1.29 is 48.4 Å². The molecule has 1 aromatic rings. The predicted octanol–water partition coefficient (Wildman–Crippen LogP) is 0.291. The minimum absolute atomic E-state index is 0.00317. The van der Waals surface area contributed by atoms with Crippen LogP contribution in [-0.4, -0.2) is 93.2 Å². The molecule has 14 heteroatoms. The van der Waals surface area contributed by atoms with Crippen molar-refractivity contribution in [2.75, 3.05) is 38.2 Å². The van der Waals surface area contributed by atoms with Crippen molar-refractivity contribution in [3.05, 3.63) is 45.7 Å². The number of anilines is 1. The maximum Gasteiger partial charge on any atom is 0.255 e. The van der Waals surface area contributed by atoms with Crippen LogP contribution in [0.3, 0.4) is 0 Å². The van der Waals surface area contributed by atoms with Crippen molar-refractivity contribution in [2.24, 2.45) is 17.6 Å². The lowest BCUT2D eigenvalue weighted by atomic mass is 9.58. The Hall–Kier alpha value is -3.88. The van der Waals surface area contributed by atoms with Crippen LogP contribution in [0.4, 0.5) is 14.5 Å². The zero-order chi connectivity index (χ0) is 29.8. The van der Waals surface area contributed by atoms with E-state index in [1.54, 1.807) is 0 Å². The molecule has 8 N–H and O–H groups in total. The van der Waals surface area contributed by atoms with E-state index in [1.165, 1.54) is 0 Å². The highest BCUT2D eigenvalue weighted by Gasteiger charge is 2.62. The highest BCUT2D eigenvalue weighted by Crippen LogP contribution is 2.52. The lowest BCUT2D eigenvalue weighted by Crippen LogP contribution is -2.64. The van der Waals surface area contributed by atoms with Gasteiger partial charge in [0.25, 0.3) is 5.91 Å². The summed E-state index contributed by atoms with van der Waals surface area (Å²) in [6.45, 7) is 0.139. The summed E-state index contributed by atoms with van der Waals surface area (Å²) in [5, 5.41) is 49.5. The van der Waals surface area contributed by atoms with E-state index in [0.29, 0.717) is 13.1 Å². The summed E-state index contributed by atoms with van der Waals surface area (Å²) in [5.41, 5.74) is -0.284. The first-order valence-corrected chi connectivity index (χ1v) is 13.3. The van der Waals surface area contributed by atoms with E-state index >= 15 is 4.39 Å². The molecule has 1 fully saturated rings. The Morgan fingerprint density at radius 3 is 2.49 bits per heavy atom. The molecule has 0 spiro atoms. The lowest BCUT2D eigenvalue weighted by molar-refractivity contribution is -0.146. The van der Waals surface area contributed by atoms with Gasteiger partial charge in [-0.1, -0.05) is 0 Å². The molecule has 4 aliphatic rings. The Labute approximate surface area is 232 Å². The molecule has 1 aromatic carbocycles. The first-order chi connectivity index (χ1) is 19.4. The third kappa shape index (κ3) is 4.46. The number of likely N-dealkylation sites (tertiary alicyclic amines) is 1. The number of aliphatic hydroxyl groups is 3. The topological polar surface area (TPSA) is 203 Å². The van der Waals surface area contributed by atoms with Crippen molar-refractivity contribution in [2.45, 2.75) is 37.3 Å². The first kappa shape index (κ1) is 28.6. The summed E-state index contributed by atoms with van der Waals surface area (Å²) in [6.07, 6.45) is 1.32. The number of rotatable bonds is 7.